The van der Waals surface area contributed by atoms with Crippen molar-refractivity contribution in [2.75, 3.05) is 33.8 Å². The Hall–Kier alpha value is -2.61. The molecule has 0 saturated carbocycles. The van der Waals surface area contributed by atoms with Crippen LogP contribution < -0.4 is 24.8 Å². The van der Waals surface area contributed by atoms with Gasteiger partial charge in [0, 0.05) is 11.3 Å². The Kier molecular flexibility index (Phi) is 6.57. The molecular weight excluding hydrogens is 364 g/mol. The van der Waals surface area contributed by atoms with Crippen LogP contribution >= 0.6 is 11.6 Å². The molecule has 1 aliphatic rings. The van der Waals surface area contributed by atoms with Gasteiger partial charge in [-0.1, -0.05) is 0 Å². The van der Waals surface area contributed by atoms with Gasteiger partial charge in [0.2, 0.25) is 5.75 Å². The molecule has 0 aliphatic carbocycles. The van der Waals surface area contributed by atoms with Gasteiger partial charge in [-0.25, -0.2) is 9.59 Å². The number of hydrogen-bond donors (Lipinski definition) is 2. The molecule has 0 saturated heterocycles. The van der Waals surface area contributed by atoms with E-state index < -0.39 is 18.0 Å². The summed E-state index contributed by atoms with van der Waals surface area (Å²) in [4.78, 5) is 24.6. The molecule has 1 aromatic rings. The average molecular weight is 385 g/mol. The third-order valence-electron chi connectivity index (χ3n) is 3.83. The van der Waals surface area contributed by atoms with E-state index in [1.807, 2.05) is 0 Å². The van der Waals surface area contributed by atoms with Gasteiger partial charge in [-0.3, -0.25) is 0 Å². The van der Waals surface area contributed by atoms with Crippen LogP contribution in [0.2, 0.25) is 0 Å². The van der Waals surface area contributed by atoms with Crippen LogP contribution in [0.1, 0.15) is 18.5 Å². The lowest BCUT2D eigenvalue weighted by molar-refractivity contribution is -0.139. The number of methoxy groups -OCH3 is 3. The summed E-state index contributed by atoms with van der Waals surface area (Å²) in [5, 5.41) is 5.25. The highest BCUT2D eigenvalue weighted by atomic mass is 35.5. The molecule has 1 atom stereocenters. The monoisotopic (exact) mass is 384 g/mol. The third kappa shape index (κ3) is 3.65. The molecule has 0 radical (unpaired) electrons. The van der Waals surface area contributed by atoms with Crippen LogP contribution in [0.4, 0.5) is 4.79 Å². The highest BCUT2D eigenvalue weighted by Gasteiger charge is 2.36. The number of alkyl halides is 1. The molecule has 0 aromatic heterocycles. The van der Waals surface area contributed by atoms with Gasteiger partial charge in [-0.15, -0.1) is 11.6 Å². The molecule has 2 amide bonds. The first-order valence-corrected chi connectivity index (χ1v) is 8.38. The van der Waals surface area contributed by atoms with Gasteiger partial charge in [-0.2, -0.15) is 0 Å². The van der Waals surface area contributed by atoms with Crippen molar-refractivity contribution in [2.45, 2.75) is 13.0 Å². The number of rotatable bonds is 7. The summed E-state index contributed by atoms with van der Waals surface area (Å²) in [5.74, 6) is 0.476. The van der Waals surface area contributed by atoms with Crippen LogP contribution in [-0.4, -0.2) is 45.8 Å². The van der Waals surface area contributed by atoms with Crippen molar-refractivity contribution >= 4 is 23.6 Å². The lowest BCUT2D eigenvalue weighted by Crippen LogP contribution is -2.46. The highest BCUT2D eigenvalue weighted by molar-refractivity contribution is 6.20. The fourth-order valence-corrected chi connectivity index (χ4v) is 2.97. The zero-order valence-electron chi connectivity index (χ0n) is 15.0. The van der Waals surface area contributed by atoms with E-state index in [9.17, 15) is 9.59 Å². The highest BCUT2D eigenvalue weighted by Crippen LogP contribution is 2.44. The molecule has 1 aromatic carbocycles. The van der Waals surface area contributed by atoms with E-state index in [-0.39, 0.29) is 23.8 Å². The number of carbonyl (C=O) groups is 2. The van der Waals surface area contributed by atoms with Crippen molar-refractivity contribution in [3.05, 3.63) is 29.0 Å². The SMILES string of the molecule is CCOC(=O)C1=C(CCl)NC(=O)N[C@H]1c1ccc(OC)c(OC)c1OC. The Balaban J connectivity index is 2.67. The number of benzene rings is 1. The number of urea groups is 1. The van der Waals surface area contributed by atoms with Crippen LogP contribution in [0.15, 0.2) is 23.4 Å². The van der Waals surface area contributed by atoms with E-state index in [2.05, 4.69) is 10.6 Å². The maximum Gasteiger partial charge on any atom is 0.338 e. The summed E-state index contributed by atoms with van der Waals surface area (Å²) in [6.45, 7) is 1.88. The first-order valence-electron chi connectivity index (χ1n) is 7.84. The van der Waals surface area contributed by atoms with E-state index in [1.54, 1.807) is 19.1 Å². The number of hydrogen-bond acceptors (Lipinski definition) is 6. The van der Waals surface area contributed by atoms with Crippen molar-refractivity contribution in [3.63, 3.8) is 0 Å². The Morgan fingerprint density at radius 2 is 1.85 bits per heavy atom. The molecule has 142 valence electrons. The first kappa shape index (κ1) is 19.7. The van der Waals surface area contributed by atoms with Gasteiger partial charge < -0.3 is 29.6 Å². The lowest BCUT2D eigenvalue weighted by atomic mass is 9.94. The van der Waals surface area contributed by atoms with Gasteiger partial charge >= 0.3 is 12.0 Å². The summed E-state index contributed by atoms with van der Waals surface area (Å²) in [6, 6.07) is 2.03. The fourth-order valence-electron chi connectivity index (χ4n) is 2.76. The summed E-state index contributed by atoms with van der Waals surface area (Å²) in [7, 11) is 4.43. The maximum absolute atomic E-state index is 12.5. The van der Waals surface area contributed by atoms with Crippen molar-refractivity contribution in [3.8, 4) is 17.2 Å². The minimum Gasteiger partial charge on any atom is -0.493 e. The van der Waals surface area contributed by atoms with Gasteiger partial charge in [0.15, 0.2) is 11.5 Å². The standard InChI is InChI=1S/C17H21ClN2O6/c1-5-26-16(21)12-10(8-18)19-17(22)20-13(12)9-6-7-11(23-2)15(25-4)14(9)24-3/h6-7,13H,5,8H2,1-4H3,(H2,19,20,22)/t13-/m0/s1. The first-order chi connectivity index (χ1) is 12.5. The number of nitrogens with one attached hydrogen (secondary N) is 2. The van der Waals surface area contributed by atoms with Gasteiger partial charge in [0.1, 0.15) is 0 Å². The summed E-state index contributed by atoms with van der Waals surface area (Å²) in [5.41, 5.74) is 0.980. The van der Waals surface area contributed by atoms with Crippen LogP contribution in [-0.2, 0) is 9.53 Å². The molecule has 0 bridgehead atoms. The lowest BCUT2D eigenvalue weighted by Gasteiger charge is -2.30. The predicted octanol–water partition coefficient (Wildman–Crippen LogP) is 2.12. The van der Waals surface area contributed by atoms with Crippen LogP contribution in [0, 0.1) is 0 Å². The Morgan fingerprint density at radius 1 is 1.15 bits per heavy atom. The molecule has 2 N–H and O–H groups in total. The van der Waals surface area contributed by atoms with Gasteiger partial charge in [0.25, 0.3) is 0 Å². The molecule has 1 aliphatic heterocycles. The molecular formula is C17H21ClN2O6. The number of allylic oxidation sites excluding steroid dienone is 1. The number of amides is 2. The number of ether oxygens (including phenoxy) is 4. The van der Waals surface area contributed by atoms with Gasteiger partial charge in [-0.05, 0) is 19.1 Å². The molecule has 8 nitrogen and oxygen atoms in total. The molecule has 1 heterocycles. The van der Waals surface area contributed by atoms with Crippen molar-refractivity contribution in [1.82, 2.24) is 10.6 Å². The minimum atomic E-state index is -0.827. The smallest absolute Gasteiger partial charge is 0.338 e. The largest absolute Gasteiger partial charge is 0.493 e. The average Bonchev–Trinajstić information content (AvgIpc) is 2.65. The zero-order valence-corrected chi connectivity index (χ0v) is 15.7. The second kappa shape index (κ2) is 8.66. The van der Waals surface area contributed by atoms with Crippen molar-refractivity contribution in [2.24, 2.45) is 0 Å². The maximum atomic E-state index is 12.5. The molecule has 9 heteroatoms. The second-order valence-electron chi connectivity index (χ2n) is 5.20. The van der Waals surface area contributed by atoms with E-state index in [0.29, 0.717) is 22.8 Å². The van der Waals surface area contributed by atoms with E-state index in [4.69, 9.17) is 30.5 Å². The summed E-state index contributed by atoms with van der Waals surface area (Å²) < 4.78 is 21.2. The van der Waals surface area contributed by atoms with E-state index in [0.717, 1.165) is 0 Å². The van der Waals surface area contributed by atoms with Crippen molar-refractivity contribution < 1.29 is 28.5 Å². The number of carbonyl (C=O) groups excluding carboxylic acids is 2. The van der Waals surface area contributed by atoms with Gasteiger partial charge in [0.05, 0.1) is 45.4 Å². The zero-order chi connectivity index (χ0) is 19.3. The quantitative estimate of drug-likeness (QED) is 0.552. The molecule has 0 spiro atoms. The number of esters is 1. The summed E-state index contributed by atoms with van der Waals surface area (Å²) >= 11 is 5.93. The van der Waals surface area contributed by atoms with E-state index >= 15 is 0 Å². The fraction of sp³-hybridized carbons (Fsp3) is 0.412. The van der Waals surface area contributed by atoms with Crippen molar-refractivity contribution in [1.29, 1.82) is 0 Å². The number of halogens is 1. The minimum absolute atomic E-state index is 0.0618. The normalized spacial score (nSPS) is 16.5. The van der Waals surface area contributed by atoms with E-state index in [1.165, 1.54) is 21.3 Å². The Bertz CT molecular complexity index is 734. The molecule has 0 unspecified atom stereocenters. The topological polar surface area (TPSA) is 95.1 Å². The molecule has 2 rings (SSSR count). The Morgan fingerprint density at radius 3 is 2.38 bits per heavy atom. The second-order valence-corrected chi connectivity index (χ2v) is 5.47. The summed E-state index contributed by atoms with van der Waals surface area (Å²) in [6.07, 6.45) is 0. The van der Waals surface area contributed by atoms with Crippen LogP contribution in [0.5, 0.6) is 17.2 Å². The van der Waals surface area contributed by atoms with Crippen LogP contribution in [0.3, 0.4) is 0 Å². The Labute approximate surface area is 156 Å². The molecule has 26 heavy (non-hydrogen) atoms. The third-order valence-corrected chi connectivity index (χ3v) is 4.10. The van der Waals surface area contributed by atoms with Crippen LogP contribution in [0.25, 0.3) is 0 Å². The predicted molar refractivity (Wildman–Crippen MR) is 94.9 cm³/mol. The molecule has 0 fully saturated rings.